The highest BCUT2D eigenvalue weighted by molar-refractivity contribution is 6.36. The fraction of sp³-hybridized carbons (Fsp3) is 0.235. The van der Waals surface area contributed by atoms with E-state index < -0.39 is 0 Å². The molecule has 2 aromatic rings. The van der Waals surface area contributed by atoms with E-state index in [9.17, 15) is 4.79 Å². The number of carbonyl (C=O) groups excluding carboxylic acids is 1. The Bertz CT molecular complexity index is 736. The second-order valence-electron chi connectivity index (χ2n) is 5.30. The molecule has 2 aromatic carbocycles. The molecule has 0 saturated carbocycles. The minimum atomic E-state index is -0.278. The first-order chi connectivity index (χ1) is 11.0. The number of amides is 1. The van der Waals surface area contributed by atoms with Gasteiger partial charge < -0.3 is 14.8 Å². The molecule has 0 radical (unpaired) electrons. The summed E-state index contributed by atoms with van der Waals surface area (Å²) in [5, 5.41) is 3.69. The lowest BCUT2D eigenvalue weighted by molar-refractivity contribution is 0.0606. The smallest absolute Gasteiger partial charge is 0.253 e. The predicted octanol–water partition coefficient (Wildman–Crippen LogP) is 3.95. The van der Waals surface area contributed by atoms with Gasteiger partial charge in [-0.1, -0.05) is 35.3 Å². The van der Waals surface area contributed by atoms with Crippen LogP contribution in [0.4, 0.5) is 0 Å². The summed E-state index contributed by atoms with van der Waals surface area (Å²) < 4.78 is 11.6. The van der Waals surface area contributed by atoms with Crippen molar-refractivity contribution in [2.75, 3.05) is 6.61 Å². The van der Waals surface area contributed by atoms with Crippen molar-refractivity contribution in [1.82, 2.24) is 5.32 Å². The lowest BCUT2D eigenvalue weighted by atomic mass is 10.1. The van der Waals surface area contributed by atoms with Crippen LogP contribution in [0.2, 0.25) is 10.0 Å². The maximum Gasteiger partial charge on any atom is 0.253 e. The van der Waals surface area contributed by atoms with E-state index in [1.165, 1.54) is 0 Å². The Labute approximate surface area is 144 Å². The van der Waals surface area contributed by atoms with Crippen LogP contribution in [0.15, 0.2) is 42.5 Å². The van der Waals surface area contributed by atoms with Gasteiger partial charge in [-0.15, -0.1) is 0 Å². The second kappa shape index (κ2) is 6.69. The zero-order valence-electron chi connectivity index (χ0n) is 12.4. The topological polar surface area (TPSA) is 47.6 Å². The van der Waals surface area contributed by atoms with Crippen molar-refractivity contribution in [3.05, 3.63) is 58.1 Å². The van der Waals surface area contributed by atoms with Gasteiger partial charge >= 0.3 is 0 Å². The third-order valence-corrected chi connectivity index (χ3v) is 4.17. The van der Waals surface area contributed by atoms with Crippen LogP contribution in [-0.4, -0.2) is 24.7 Å². The highest BCUT2D eigenvalue weighted by Gasteiger charge is 2.27. The third-order valence-electron chi connectivity index (χ3n) is 3.62. The Balaban J connectivity index is 1.67. The Morgan fingerprint density at radius 2 is 1.96 bits per heavy atom. The van der Waals surface area contributed by atoms with Crippen molar-refractivity contribution < 1.29 is 14.3 Å². The van der Waals surface area contributed by atoms with E-state index in [4.69, 9.17) is 32.7 Å². The lowest BCUT2D eigenvalue weighted by Crippen LogP contribution is -2.48. The largest absolute Gasteiger partial charge is 0.486 e. The molecule has 0 aliphatic carbocycles. The van der Waals surface area contributed by atoms with Gasteiger partial charge in [0.1, 0.15) is 6.61 Å². The number of hydrogen-bond donors (Lipinski definition) is 1. The van der Waals surface area contributed by atoms with Gasteiger partial charge in [0.25, 0.3) is 5.91 Å². The number of nitrogens with one attached hydrogen (secondary N) is 1. The van der Waals surface area contributed by atoms with Crippen LogP contribution in [0.5, 0.6) is 11.5 Å². The van der Waals surface area contributed by atoms with Crippen LogP contribution in [0.25, 0.3) is 0 Å². The molecule has 3 rings (SSSR count). The van der Waals surface area contributed by atoms with Crippen LogP contribution in [0.3, 0.4) is 0 Å². The van der Waals surface area contributed by atoms with Gasteiger partial charge in [-0.2, -0.15) is 0 Å². The molecule has 0 bridgehead atoms. The average Bonchev–Trinajstić information content (AvgIpc) is 2.54. The van der Waals surface area contributed by atoms with Gasteiger partial charge in [-0.3, -0.25) is 4.79 Å². The number of hydrogen-bond acceptors (Lipinski definition) is 3. The summed E-state index contributed by atoms with van der Waals surface area (Å²) in [5.41, 5.74) is 0.375. The summed E-state index contributed by atoms with van der Waals surface area (Å²) in [5.74, 6) is 1.11. The maximum atomic E-state index is 12.3. The Morgan fingerprint density at radius 1 is 1.22 bits per heavy atom. The monoisotopic (exact) mass is 351 g/mol. The summed E-state index contributed by atoms with van der Waals surface area (Å²) in [6.45, 7) is 2.23. The molecule has 120 valence electrons. The Kier molecular flexibility index (Phi) is 4.64. The summed E-state index contributed by atoms with van der Waals surface area (Å²) >= 11 is 11.9. The molecule has 0 unspecified atom stereocenters. The molecule has 1 heterocycles. The maximum absolute atomic E-state index is 12.3. The molecule has 2 atom stereocenters. The van der Waals surface area contributed by atoms with Crippen molar-refractivity contribution in [2.24, 2.45) is 0 Å². The van der Waals surface area contributed by atoms with Crippen LogP contribution in [0, 0.1) is 0 Å². The number of benzene rings is 2. The van der Waals surface area contributed by atoms with E-state index in [0.29, 0.717) is 33.7 Å². The van der Waals surface area contributed by atoms with Gasteiger partial charge in [-0.25, -0.2) is 0 Å². The van der Waals surface area contributed by atoms with Crippen molar-refractivity contribution in [3.63, 3.8) is 0 Å². The van der Waals surface area contributed by atoms with Gasteiger partial charge in [0.15, 0.2) is 17.6 Å². The van der Waals surface area contributed by atoms with E-state index in [1.54, 1.807) is 18.2 Å². The number of para-hydroxylation sites is 2. The summed E-state index contributed by atoms with van der Waals surface area (Å²) in [6.07, 6.45) is -0.278. The molecule has 1 aliphatic heterocycles. The molecule has 0 aromatic heterocycles. The van der Waals surface area contributed by atoms with Crippen molar-refractivity contribution in [1.29, 1.82) is 0 Å². The zero-order valence-corrected chi connectivity index (χ0v) is 13.9. The second-order valence-corrected chi connectivity index (χ2v) is 6.14. The van der Waals surface area contributed by atoms with Gasteiger partial charge in [-0.05, 0) is 37.3 Å². The van der Waals surface area contributed by atoms with Crippen molar-refractivity contribution in [2.45, 2.75) is 19.1 Å². The van der Waals surface area contributed by atoms with Crippen LogP contribution < -0.4 is 14.8 Å². The number of carbonyl (C=O) groups is 1. The molecular weight excluding hydrogens is 337 g/mol. The normalized spacial score (nSPS) is 17.4. The van der Waals surface area contributed by atoms with Crippen molar-refractivity contribution in [3.8, 4) is 11.5 Å². The van der Waals surface area contributed by atoms with E-state index in [0.717, 1.165) is 0 Å². The molecule has 1 N–H and O–H groups in total. The fourth-order valence-electron chi connectivity index (χ4n) is 2.33. The van der Waals surface area contributed by atoms with Gasteiger partial charge in [0, 0.05) is 5.02 Å². The molecule has 4 nitrogen and oxygen atoms in total. The van der Waals surface area contributed by atoms with E-state index >= 15 is 0 Å². The minimum Gasteiger partial charge on any atom is -0.486 e. The lowest BCUT2D eigenvalue weighted by Gasteiger charge is -2.30. The quantitative estimate of drug-likeness (QED) is 0.910. The van der Waals surface area contributed by atoms with E-state index in [1.807, 2.05) is 31.2 Å². The highest BCUT2D eigenvalue weighted by Crippen LogP contribution is 2.31. The SMILES string of the molecule is C[C@@H](NC(=O)c1ccc(Cl)cc1Cl)[C@@H]1COc2ccccc2O1. The molecule has 23 heavy (non-hydrogen) atoms. The summed E-state index contributed by atoms with van der Waals surface area (Å²) in [4.78, 5) is 12.3. The fourth-order valence-corrected chi connectivity index (χ4v) is 2.83. The zero-order chi connectivity index (χ0) is 16.4. The first-order valence-corrected chi connectivity index (χ1v) is 7.94. The summed E-state index contributed by atoms with van der Waals surface area (Å²) in [6, 6.07) is 12.0. The van der Waals surface area contributed by atoms with E-state index in [-0.39, 0.29) is 18.1 Å². The molecule has 0 fully saturated rings. The summed E-state index contributed by atoms with van der Waals surface area (Å²) in [7, 11) is 0. The third kappa shape index (κ3) is 3.54. The first-order valence-electron chi connectivity index (χ1n) is 7.19. The molecule has 1 aliphatic rings. The van der Waals surface area contributed by atoms with Crippen LogP contribution in [-0.2, 0) is 0 Å². The number of rotatable bonds is 3. The molecule has 1 amide bonds. The van der Waals surface area contributed by atoms with E-state index in [2.05, 4.69) is 5.32 Å². The van der Waals surface area contributed by atoms with Crippen molar-refractivity contribution >= 4 is 29.1 Å². The number of halogens is 2. The first kappa shape index (κ1) is 16.0. The predicted molar refractivity (Wildman–Crippen MR) is 89.7 cm³/mol. The van der Waals surface area contributed by atoms with Crippen LogP contribution in [0.1, 0.15) is 17.3 Å². The van der Waals surface area contributed by atoms with Gasteiger partial charge in [0.05, 0.1) is 16.6 Å². The highest BCUT2D eigenvalue weighted by atomic mass is 35.5. The number of fused-ring (bicyclic) bond motifs is 1. The molecular formula is C17H15Cl2NO3. The molecule has 6 heteroatoms. The van der Waals surface area contributed by atoms with Crippen LogP contribution >= 0.6 is 23.2 Å². The average molecular weight is 352 g/mol. The standard InChI is InChI=1S/C17H15Cl2NO3/c1-10(16-9-22-14-4-2-3-5-15(14)23-16)20-17(21)12-7-6-11(18)8-13(12)19/h2-8,10,16H,9H2,1H3,(H,20,21)/t10-,16+/m1/s1. The Morgan fingerprint density at radius 3 is 2.70 bits per heavy atom. The molecule has 0 saturated heterocycles. The van der Waals surface area contributed by atoms with Gasteiger partial charge in [0.2, 0.25) is 0 Å². The Hall–Kier alpha value is -1.91. The molecule has 0 spiro atoms. The number of ether oxygens (including phenoxy) is 2. The minimum absolute atomic E-state index is 0.248.